The predicted octanol–water partition coefficient (Wildman–Crippen LogP) is 2.96. The Kier molecular flexibility index (Phi) is 6.06. The molecule has 0 spiro atoms. The summed E-state index contributed by atoms with van der Waals surface area (Å²) >= 11 is 0. The lowest BCUT2D eigenvalue weighted by molar-refractivity contribution is 0.104. The summed E-state index contributed by atoms with van der Waals surface area (Å²) in [5.41, 5.74) is 11.9. The third-order valence-electron chi connectivity index (χ3n) is 9.10. The van der Waals surface area contributed by atoms with Crippen molar-refractivity contribution in [1.82, 2.24) is 29.3 Å². The van der Waals surface area contributed by atoms with Gasteiger partial charge in [-0.25, -0.2) is 4.52 Å². The van der Waals surface area contributed by atoms with Gasteiger partial charge in [0.15, 0.2) is 23.1 Å². The minimum Gasteiger partial charge on any atom is -0.493 e. The van der Waals surface area contributed by atoms with Crippen LogP contribution in [0.3, 0.4) is 0 Å². The molecule has 1 aliphatic heterocycles. The number of nitrogens with two attached hydrogens (primary N) is 1. The van der Waals surface area contributed by atoms with Crippen LogP contribution in [0.15, 0.2) is 42.9 Å². The number of hydrogen-bond acceptors (Lipinski definition) is 8. The summed E-state index contributed by atoms with van der Waals surface area (Å²) in [5, 5.41) is 19.7. The highest BCUT2D eigenvalue weighted by atomic mass is 16.5. The fraction of sp³-hybridized carbons (Fsp3) is 0.483. The molecule has 0 saturated heterocycles. The lowest BCUT2D eigenvalue weighted by Gasteiger charge is -2.38. The number of methoxy groups -OCH3 is 1. The first-order chi connectivity index (χ1) is 19.0. The smallest absolute Gasteiger partial charge is 0.168 e. The summed E-state index contributed by atoms with van der Waals surface area (Å²) in [6.07, 6.45) is 8.38. The van der Waals surface area contributed by atoms with E-state index in [2.05, 4.69) is 26.6 Å². The van der Waals surface area contributed by atoms with Crippen molar-refractivity contribution in [3.63, 3.8) is 0 Å². The van der Waals surface area contributed by atoms with Crippen LogP contribution in [0.4, 0.5) is 0 Å². The molecule has 5 unspecified atom stereocenters. The van der Waals surface area contributed by atoms with Crippen LogP contribution in [-0.2, 0) is 13.1 Å². The molecular weight excluding hydrogens is 494 g/mol. The SMILES string of the molecule is COc1cnn2cc(-c3nn4c(c3C)CN(C3CC5CC3CC5N)CC4)cc(OC(CO)c3ccccn3)c12. The van der Waals surface area contributed by atoms with Crippen molar-refractivity contribution in [2.75, 3.05) is 20.3 Å². The number of nitrogens with zero attached hydrogens (tertiary/aromatic N) is 6. The van der Waals surface area contributed by atoms with E-state index < -0.39 is 6.10 Å². The molecule has 0 radical (unpaired) electrons. The molecule has 10 heteroatoms. The number of fused-ring (bicyclic) bond motifs is 4. The van der Waals surface area contributed by atoms with Gasteiger partial charge in [-0.05, 0) is 61.8 Å². The van der Waals surface area contributed by atoms with Crippen LogP contribution in [0.25, 0.3) is 16.8 Å². The molecular formula is C29H35N7O3. The predicted molar refractivity (Wildman–Crippen MR) is 145 cm³/mol. The maximum atomic E-state index is 10.2. The normalized spacial score (nSPS) is 25.2. The van der Waals surface area contributed by atoms with Gasteiger partial charge in [0.25, 0.3) is 0 Å². The zero-order valence-corrected chi connectivity index (χ0v) is 22.4. The van der Waals surface area contributed by atoms with Gasteiger partial charge in [0.1, 0.15) is 0 Å². The lowest BCUT2D eigenvalue weighted by Crippen LogP contribution is -2.46. The molecule has 5 atom stereocenters. The molecule has 2 fully saturated rings. The molecule has 39 heavy (non-hydrogen) atoms. The summed E-state index contributed by atoms with van der Waals surface area (Å²) in [4.78, 5) is 7.05. The minimum atomic E-state index is -0.635. The Morgan fingerprint density at radius 3 is 2.77 bits per heavy atom. The van der Waals surface area contributed by atoms with Crippen LogP contribution in [0.1, 0.15) is 42.3 Å². The monoisotopic (exact) mass is 529 g/mol. The van der Waals surface area contributed by atoms with Crippen molar-refractivity contribution in [3.05, 3.63) is 59.8 Å². The van der Waals surface area contributed by atoms with E-state index in [0.29, 0.717) is 40.7 Å². The largest absolute Gasteiger partial charge is 0.493 e. The van der Waals surface area contributed by atoms with E-state index in [0.717, 1.165) is 36.8 Å². The van der Waals surface area contributed by atoms with E-state index in [1.54, 1.807) is 24.0 Å². The molecule has 0 amide bonds. The highest BCUT2D eigenvalue weighted by Crippen LogP contribution is 2.47. The number of aliphatic hydroxyl groups is 1. The second-order valence-electron chi connectivity index (χ2n) is 11.2. The van der Waals surface area contributed by atoms with Gasteiger partial charge in [0, 0.05) is 43.1 Å². The van der Waals surface area contributed by atoms with Gasteiger partial charge in [0.2, 0.25) is 0 Å². The van der Waals surface area contributed by atoms with Crippen molar-refractivity contribution in [2.45, 2.75) is 57.5 Å². The minimum absolute atomic E-state index is 0.217. The fourth-order valence-electron chi connectivity index (χ4n) is 7.10. The van der Waals surface area contributed by atoms with Crippen molar-refractivity contribution >= 4 is 5.52 Å². The third kappa shape index (κ3) is 4.09. The van der Waals surface area contributed by atoms with Crippen molar-refractivity contribution in [3.8, 4) is 22.8 Å². The number of aromatic nitrogens is 5. The first kappa shape index (κ1) is 24.6. The second-order valence-corrected chi connectivity index (χ2v) is 11.2. The summed E-state index contributed by atoms with van der Waals surface area (Å²) in [6.45, 7) is 4.75. The Morgan fingerprint density at radius 1 is 1.15 bits per heavy atom. The molecule has 10 nitrogen and oxygen atoms in total. The van der Waals surface area contributed by atoms with Crippen LogP contribution in [0.2, 0.25) is 0 Å². The van der Waals surface area contributed by atoms with Gasteiger partial charge in [-0.2, -0.15) is 10.2 Å². The maximum absolute atomic E-state index is 10.2. The molecule has 2 saturated carbocycles. The first-order valence-corrected chi connectivity index (χ1v) is 13.8. The van der Waals surface area contributed by atoms with E-state index in [-0.39, 0.29) is 6.61 Å². The van der Waals surface area contributed by atoms with Gasteiger partial charge >= 0.3 is 0 Å². The van der Waals surface area contributed by atoms with Crippen LogP contribution in [0, 0.1) is 18.8 Å². The summed E-state index contributed by atoms with van der Waals surface area (Å²) < 4.78 is 15.9. The van der Waals surface area contributed by atoms with Crippen LogP contribution < -0.4 is 15.2 Å². The molecule has 204 valence electrons. The van der Waals surface area contributed by atoms with Crippen LogP contribution >= 0.6 is 0 Å². The van der Waals surface area contributed by atoms with Gasteiger partial charge < -0.3 is 20.3 Å². The maximum Gasteiger partial charge on any atom is 0.168 e. The average molecular weight is 530 g/mol. The zero-order valence-electron chi connectivity index (χ0n) is 22.4. The highest BCUT2D eigenvalue weighted by molar-refractivity contribution is 5.75. The van der Waals surface area contributed by atoms with E-state index in [1.807, 2.05) is 30.5 Å². The number of rotatable bonds is 7. The average Bonchev–Trinajstić information content (AvgIpc) is 3.74. The Hall–Kier alpha value is -3.47. The van der Waals surface area contributed by atoms with Crippen molar-refractivity contribution in [2.24, 2.45) is 17.6 Å². The molecule has 0 aromatic carbocycles. The van der Waals surface area contributed by atoms with E-state index >= 15 is 0 Å². The molecule has 7 rings (SSSR count). The fourth-order valence-corrected chi connectivity index (χ4v) is 7.10. The second kappa shape index (κ2) is 9.62. The number of ether oxygens (including phenoxy) is 2. The highest BCUT2D eigenvalue weighted by Gasteiger charge is 2.47. The topological polar surface area (TPSA) is 116 Å². The first-order valence-electron chi connectivity index (χ1n) is 13.8. The number of hydrogen-bond donors (Lipinski definition) is 2. The Balaban J connectivity index is 1.23. The van der Waals surface area contributed by atoms with E-state index in [1.165, 1.54) is 30.5 Å². The summed E-state index contributed by atoms with van der Waals surface area (Å²) in [7, 11) is 1.61. The summed E-state index contributed by atoms with van der Waals surface area (Å²) in [5.74, 6) is 2.57. The lowest BCUT2D eigenvalue weighted by atomic mass is 9.90. The number of pyridine rings is 2. The standard InChI is InChI=1S/C29H35N7O3/c1-17-24-15-34(23-11-18-9-19(23)10-21(18)30)7-8-35(24)33-28(17)20-12-25(29-26(38-2)13-32-36(29)14-20)39-27(16-37)22-5-3-4-6-31-22/h3-6,12-14,18-19,21,23,27,37H,7-11,15-16,30H2,1-2H3. The Bertz CT molecular complexity index is 1500. The molecule has 4 aromatic heterocycles. The van der Waals surface area contributed by atoms with E-state index in [4.69, 9.17) is 20.3 Å². The molecule has 2 aliphatic carbocycles. The van der Waals surface area contributed by atoms with Crippen LogP contribution in [0.5, 0.6) is 11.5 Å². The van der Waals surface area contributed by atoms with Crippen molar-refractivity contribution in [1.29, 1.82) is 0 Å². The zero-order chi connectivity index (χ0) is 26.7. The van der Waals surface area contributed by atoms with Crippen LogP contribution in [-0.4, -0.2) is 66.7 Å². The molecule has 3 aliphatic rings. The number of aliphatic hydroxyl groups excluding tert-OH is 1. The van der Waals surface area contributed by atoms with Gasteiger partial charge in [0.05, 0.1) is 43.5 Å². The Morgan fingerprint density at radius 2 is 2.05 bits per heavy atom. The molecule has 4 aromatic rings. The third-order valence-corrected chi connectivity index (χ3v) is 9.10. The Labute approximate surface area is 227 Å². The van der Waals surface area contributed by atoms with Crippen molar-refractivity contribution < 1.29 is 14.6 Å². The van der Waals surface area contributed by atoms with Gasteiger partial charge in [-0.15, -0.1) is 0 Å². The van der Waals surface area contributed by atoms with E-state index in [9.17, 15) is 5.11 Å². The molecule has 5 heterocycles. The quantitative estimate of drug-likeness (QED) is 0.376. The van der Waals surface area contributed by atoms with Gasteiger partial charge in [-0.3, -0.25) is 14.6 Å². The molecule has 2 bridgehead atoms. The summed E-state index contributed by atoms with van der Waals surface area (Å²) in [6, 6.07) is 8.57. The van der Waals surface area contributed by atoms with Gasteiger partial charge in [-0.1, -0.05) is 6.07 Å². The molecule has 3 N–H and O–H groups in total.